The zero-order valence-electron chi connectivity index (χ0n) is 16.7. The molecule has 1 aliphatic rings. The van der Waals surface area contributed by atoms with Gasteiger partial charge < -0.3 is 5.11 Å². The molecule has 0 spiro atoms. The Balaban J connectivity index is 1.55. The number of rotatable bonds is 5. The molecule has 2 amide bonds. The number of halogens is 3. The third-order valence-corrected chi connectivity index (χ3v) is 6.31. The Morgan fingerprint density at radius 2 is 1.64 bits per heavy atom. The predicted molar refractivity (Wildman–Crippen MR) is 132 cm³/mol. The molecule has 0 bridgehead atoms. The van der Waals surface area contributed by atoms with Crippen LogP contribution in [0.25, 0.3) is 6.08 Å². The largest absolute Gasteiger partial charge is 0.507 e. The summed E-state index contributed by atoms with van der Waals surface area (Å²) in [5.41, 5.74) is 1.95. The number of benzene rings is 3. The van der Waals surface area contributed by atoms with Crippen LogP contribution in [0.15, 0.2) is 75.8 Å². The fourth-order valence-corrected chi connectivity index (χ4v) is 4.35. The molecular formula is C23H14Cl3N3O3S. The van der Waals surface area contributed by atoms with E-state index in [1.807, 2.05) is 0 Å². The van der Waals surface area contributed by atoms with Gasteiger partial charge in [-0.2, -0.15) is 5.11 Å². The van der Waals surface area contributed by atoms with Crippen LogP contribution in [0.4, 0.5) is 16.2 Å². The van der Waals surface area contributed by atoms with Crippen molar-refractivity contribution in [3.05, 3.63) is 91.8 Å². The molecule has 3 aromatic rings. The third-order valence-electron chi connectivity index (χ3n) is 4.61. The molecule has 0 atom stereocenters. The van der Waals surface area contributed by atoms with Crippen LogP contribution in [0, 0.1) is 0 Å². The van der Waals surface area contributed by atoms with Crippen LogP contribution in [0.1, 0.15) is 11.1 Å². The first-order chi connectivity index (χ1) is 15.8. The van der Waals surface area contributed by atoms with Gasteiger partial charge in [0.1, 0.15) is 11.4 Å². The number of imide groups is 1. The minimum atomic E-state index is -0.445. The molecule has 10 heteroatoms. The number of phenols is 1. The van der Waals surface area contributed by atoms with E-state index >= 15 is 0 Å². The molecule has 1 N–H and O–H groups in total. The highest BCUT2D eigenvalue weighted by molar-refractivity contribution is 8.18. The van der Waals surface area contributed by atoms with E-state index in [9.17, 15) is 14.7 Å². The summed E-state index contributed by atoms with van der Waals surface area (Å²) in [5, 5.41) is 19.5. The van der Waals surface area contributed by atoms with E-state index in [-0.39, 0.29) is 17.2 Å². The summed E-state index contributed by atoms with van der Waals surface area (Å²) in [4.78, 5) is 26.5. The van der Waals surface area contributed by atoms with Gasteiger partial charge in [-0.15, -0.1) is 5.11 Å². The molecule has 1 saturated heterocycles. The number of azo groups is 1. The van der Waals surface area contributed by atoms with E-state index in [1.54, 1.807) is 54.6 Å². The number of nitrogens with zero attached hydrogens (tertiary/aromatic N) is 3. The van der Waals surface area contributed by atoms with Crippen molar-refractivity contribution in [2.45, 2.75) is 6.54 Å². The molecule has 166 valence electrons. The lowest BCUT2D eigenvalue weighted by Gasteiger charge is -2.12. The molecular weight excluding hydrogens is 505 g/mol. The van der Waals surface area contributed by atoms with Gasteiger partial charge in [-0.25, -0.2) is 0 Å². The second-order valence-corrected chi connectivity index (χ2v) is 9.21. The maximum absolute atomic E-state index is 12.8. The first-order valence-corrected chi connectivity index (χ1v) is 11.4. The third kappa shape index (κ3) is 5.57. The van der Waals surface area contributed by atoms with E-state index in [0.717, 1.165) is 22.2 Å². The van der Waals surface area contributed by atoms with Crippen molar-refractivity contribution in [2.75, 3.05) is 0 Å². The van der Waals surface area contributed by atoms with Gasteiger partial charge in [-0.1, -0.05) is 46.9 Å². The van der Waals surface area contributed by atoms with Crippen LogP contribution in [-0.4, -0.2) is 21.2 Å². The second kappa shape index (κ2) is 9.97. The highest BCUT2D eigenvalue weighted by Crippen LogP contribution is 2.36. The summed E-state index contributed by atoms with van der Waals surface area (Å²) in [7, 11) is 0. The number of aromatic hydroxyl groups is 1. The van der Waals surface area contributed by atoms with E-state index < -0.39 is 11.1 Å². The van der Waals surface area contributed by atoms with Crippen LogP contribution in [-0.2, 0) is 11.3 Å². The summed E-state index contributed by atoms with van der Waals surface area (Å²) in [5.74, 6) is -0.512. The predicted octanol–water partition coefficient (Wildman–Crippen LogP) is 8.00. The molecule has 0 aliphatic carbocycles. The molecule has 4 rings (SSSR count). The van der Waals surface area contributed by atoms with Gasteiger partial charge in [0.2, 0.25) is 0 Å². The Morgan fingerprint density at radius 1 is 0.909 bits per heavy atom. The Labute approximate surface area is 208 Å². The normalized spacial score (nSPS) is 15.2. The monoisotopic (exact) mass is 517 g/mol. The van der Waals surface area contributed by atoms with Crippen molar-refractivity contribution in [3.63, 3.8) is 0 Å². The topological polar surface area (TPSA) is 82.3 Å². The van der Waals surface area contributed by atoms with Crippen LogP contribution >= 0.6 is 46.6 Å². The van der Waals surface area contributed by atoms with E-state index in [0.29, 0.717) is 32.0 Å². The molecule has 0 radical (unpaired) electrons. The lowest BCUT2D eigenvalue weighted by Crippen LogP contribution is -2.27. The Morgan fingerprint density at radius 3 is 2.36 bits per heavy atom. The zero-order chi connectivity index (χ0) is 23.5. The van der Waals surface area contributed by atoms with Crippen LogP contribution in [0.3, 0.4) is 0 Å². The summed E-state index contributed by atoms with van der Waals surface area (Å²) in [6, 6.07) is 16.3. The molecule has 0 saturated carbocycles. The zero-order valence-corrected chi connectivity index (χ0v) is 19.8. The van der Waals surface area contributed by atoms with Gasteiger partial charge in [0.15, 0.2) is 0 Å². The van der Waals surface area contributed by atoms with Crippen LogP contribution < -0.4 is 0 Å². The van der Waals surface area contributed by atoms with Gasteiger partial charge >= 0.3 is 0 Å². The Hall–Kier alpha value is -2.84. The van der Waals surface area contributed by atoms with Crippen molar-refractivity contribution < 1.29 is 14.7 Å². The van der Waals surface area contributed by atoms with E-state index in [2.05, 4.69) is 10.2 Å². The minimum absolute atomic E-state index is 0.0667. The molecule has 3 aromatic carbocycles. The van der Waals surface area contributed by atoms with Gasteiger partial charge in [0.05, 0.1) is 22.2 Å². The lowest BCUT2D eigenvalue weighted by atomic mass is 10.1. The van der Waals surface area contributed by atoms with Gasteiger partial charge in [0, 0.05) is 15.6 Å². The number of amides is 2. The number of hydrogen-bond acceptors (Lipinski definition) is 6. The number of carbonyl (C=O) groups excluding carboxylic acids is 2. The van der Waals surface area contributed by atoms with Crippen molar-refractivity contribution >= 4 is 75.2 Å². The number of phenolic OH excluding ortho intramolecular Hbond substituents is 1. The molecule has 0 aromatic heterocycles. The molecule has 1 fully saturated rings. The van der Waals surface area contributed by atoms with Crippen molar-refractivity contribution in [1.82, 2.24) is 4.90 Å². The molecule has 1 heterocycles. The van der Waals surface area contributed by atoms with Gasteiger partial charge in [0.25, 0.3) is 11.1 Å². The Bertz CT molecular complexity index is 1310. The average Bonchev–Trinajstić information content (AvgIpc) is 3.04. The van der Waals surface area contributed by atoms with Gasteiger partial charge in [-0.05, 0) is 71.9 Å². The van der Waals surface area contributed by atoms with E-state index in [4.69, 9.17) is 34.8 Å². The summed E-state index contributed by atoms with van der Waals surface area (Å²) >= 11 is 18.7. The number of thioether (sulfide) groups is 1. The second-order valence-electron chi connectivity index (χ2n) is 6.93. The number of carbonyl (C=O) groups is 2. The maximum atomic E-state index is 12.8. The average molecular weight is 519 g/mol. The summed E-state index contributed by atoms with van der Waals surface area (Å²) < 4.78 is 0. The fourth-order valence-electron chi connectivity index (χ4n) is 2.94. The van der Waals surface area contributed by atoms with Crippen molar-refractivity contribution in [3.8, 4) is 5.75 Å². The van der Waals surface area contributed by atoms with Crippen molar-refractivity contribution in [1.29, 1.82) is 0 Å². The smallest absolute Gasteiger partial charge is 0.293 e. The van der Waals surface area contributed by atoms with E-state index in [1.165, 1.54) is 12.1 Å². The molecule has 6 nitrogen and oxygen atoms in total. The first-order valence-electron chi connectivity index (χ1n) is 9.50. The van der Waals surface area contributed by atoms with Crippen LogP contribution in [0.5, 0.6) is 5.75 Å². The van der Waals surface area contributed by atoms with Crippen LogP contribution in [0.2, 0.25) is 15.1 Å². The number of hydrogen-bond donors (Lipinski definition) is 1. The SMILES string of the molecule is O=C1S/C(=C\c2cc(N=Nc3ccc(Cl)cc3Cl)ccc2O)C(=O)N1Cc1ccc(Cl)cc1. The summed E-state index contributed by atoms with van der Waals surface area (Å²) in [6.45, 7) is 0.126. The quantitative estimate of drug-likeness (QED) is 0.274. The summed E-state index contributed by atoms with van der Waals surface area (Å²) in [6.07, 6.45) is 1.45. The standard InChI is InChI=1S/C23H14Cl3N3O3S/c24-15-3-1-13(2-4-15)12-29-22(31)21(33-23(29)32)10-14-9-17(6-8-20(14)30)27-28-19-7-5-16(25)11-18(19)26/h1-11,30H,12H2/b21-10-,28-27?. The highest BCUT2D eigenvalue weighted by Gasteiger charge is 2.35. The minimum Gasteiger partial charge on any atom is -0.507 e. The van der Waals surface area contributed by atoms with Gasteiger partial charge in [-0.3, -0.25) is 14.5 Å². The Kier molecular flexibility index (Phi) is 7.05. The highest BCUT2D eigenvalue weighted by atomic mass is 35.5. The lowest BCUT2D eigenvalue weighted by molar-refractivity contribution is -0.123. The molecule has 1 aliphatic heterocycles. The first kappa shape index (κ1) is 23.3. The molecule has 0 unspecified atom stereocenters. The molecule has 33 heavy (non-hydrogen) atoms. The maximum Gasteiger partial charge on any atom is 0.293 e. The van der Waals surface area contributed by atoms with Crippen molar-refractivity contribution in [2.24, 2.45) is 10.2 Å². The fraction of sp³-hybridized carbons (Fsp3) is 0.0435.